The van der Waals surface area contributed by atoms with Crippen molar-refractivity contribution >= 4 is 5.97 Å². The largest absolute Gasteiger partial charge is 0.457 e. The van der Waals surface area contributed by atoms with Crippen molar-refractivity contribution in [3.05, 3.63) is 12.2 Å². The molecule has 136 valence electrons. The van der Waals surface area contributed by atoms with E-state index in [1.165, 1.54) is 44.9 Å². The highest BCUT2D eigenvalue weighted by Gasteiger charge is 2.11. The minimum atomic E-state index is -0.767. The maximum atomic E-state index is 11.4. The summed E-state index contributed by atoms with van der Waals surface area (Å²) in [6.07, 6.45) is 17.3. The molecule has 0 rings (SSSR count). The van der Waals surface area contributed by atoms with E-state index in [9.17, 15) is 4.79 Å². The van der Waals surface area contributed by atoms with Crippen molar-refractivity contribution in [3.8, 4) is 0 Å². The van der Waals surface area contributed by atoms with Gasteiger partial charge in [-0.25, -0.2) is 0 Å². The molecule has 0 heterocycles. The summed E-state index contributed by atoms with van der Waals surface area (Å²) < 4.78 is 4.91. The number of unbranched alkanes of at least 4 members (excludes halogenated alkanes) is 9. The SMILES string of the molecule is CCCCCC/C=C\CCCCCCCC(=O)OC(CO)CO. The number of hydrogen-bond acceptors (Lipinski definition) is 4. The predicted molar refractivity (Wildman–Crippen MR) is 94.3 cm³/mol. The van der Waals surface area contributed by atoms with E-state index in [1.54, 1.807) is 0 Å². The van der Waals surface area contributed by atoms with E-state index < -0.39 is 6.10 Å². The Kier molecular flexibility index (Phi) is 16.8. The lowest BCUT2D eigenvalue weighted by molar-refractivity contribution is -0.153. The minimum absolute atomic E-state index is 0.325. The van der Waals surface area contributed by atoms with Crippen molar-refractivity contribution in [2.24, 2.45) is 0 Å². The van der Waals surface area contributed by atoms with Gasteiger partial charge in [-0.15, -0.1) is 0 Å². The zero-order valence-corrected chi connectivity index (χ0v) is 14.8. The molecule has 0 aromatic carbocycles. The second-order valence-electron chi connectivity index (χ2n) is 6.10. The highest BCUT2D eigenvalue weighted by molar-refractivity contribution is 5.69. The summed E-state index contributed by atoms with van der Waals surface area (Å²) >= 11 is 0. The number of esters is 1. The average molecular weight is 328 g/mol. The summed E-state index contributed by atoms with van der Waals surface area (Å²) in [5, 5.41) is 17.6. The standard InChI is InChI=1S/C19H36O4/c1-2-3-4-5-6-7-8-9-10-11-12-13-14-15-19(22)23-18(16-20)17-21/h7-8,18,20-21H,2-6,9-17H2,1H3/b8-7-. The third-order valence-electron chi connectivity index (χ3n) is 3.85. The lowest BCUT2D eigenvalue weighted by atomic mass is 10.1. The zero-order chi connectivity index (χ0) is 17.2. The van der Waals surface area contributed by atoms with Gasteiger partial charge in [0.25, 0.3) is 0 Å². The van der Waals surface area contributed by atoms with E-state index >= 15 is 0 Å². The van der Waals surface area contributed by atoms with Crippen molar-refractivity contribution in [2.45, 2.75) is 90.1 Å². The van der Waals surface area contributed by atoms with E-state index in [1.807, 2.05) is 0 Å². The van der Waals surface area contributed by atoms with Crippen LogP contribution in [0.15, 0.2) is 12.2 Å². The van der Waals surface area contributed by atoms with Gasteiger partial charge in [0, 0.05) is 6.42 Å². The molecule has 0 saturated heterocycles. The highest BCUT2D eigenvalue weighted by atomic mass is 16.6. The number of allylic oxidation sites excluding steroid dienone is 2. The normalized spacial score (nSPS) is 11.5. The Morgan fingerprint density at radius 2 is 1.39 bits per heavy atom. The molecule has 0 amide bonds. The first-order valence-electron chi connectivity index (χ1n) is 9.30. The first-order valence-corrected chi connectivity index (χ1v) is 9.30. The molecule has 0 aromatic heterocycles. The third-order valence-corrected chi connectivity index (χ3v) is 3.85. The molecular weight excluding hydrogens is 292 g/mol. The summed E-state index contributed by atoms with van der Waals surface area (Å²) in [6.45, 7) is 1.59. The summed E-state index contributed by atoms with van der Waals surface area (Å²) in [5.74, 6) is -0.330. The van der Waals surface area contributed by atoms with Crippen molar-refractivity contribution in [1.29, 1.82) is 0 Å². The number of aliphatic hydroxyl groups is 2. The second-order valence-corrected chi connectivity index (χ2v) is 6.10. The highest BCUT2D eigenvalue weighted by Crippen LogP contribution is 2.09. The topological polar surface area (TPSA) is 66.8 Å². The molecule has 2 N–H and O–H groups in total. The molecule has 4 nitrogen and oxygen atoms in total. The Labute approximate surface area is 141 Å². The Balaban J connectivity index is 3.30. The first-order chi connectivity index (χ1) is 11.2. The van der Waals surface area contributed by atoms with Gasteiger partial charge < -0.3 is 14.9 Å². The lowest BCUT2D eigenvalue weighted by Crippen LogP contribution is -2.25. The van der Waals surface area contributed by atoms with E-state index in [-0.39, 0.29) is 19.2 Å². The molecule has 0 aliphatic heterocycles. The fraction of sp³-hybridized carbons (Fsp3) is 0.842. The smallest absolute Gasteiger partial charge is 0.306 e. The fourth-order valence-corrected chi connectivity index (χ4v) is 2.36. The van der Waals surface area contributed by atoms with Gasteiger partial charge in [0.05, 0.1) is 13.2 Å². The molecule has 23 heavy (non-hydrogen) atoms. The number of aliphatic hydroxyl groups excluding tert-OH is 2. The van der Waals surface area contributed by atoms with Crippen LogP contribution in [0.4, 0.5) is 0 Å². The minimum Gasteiger partial charge on any atom is -0.457 e. The van der Waals surface area contributed by atoms with E-state index in [4.69, 9.17) is 14.9 Å². The maximum Gasteiger partial charge on any atom is 0.306 e. The Bertz CT molecular complexity index is 285. The summed E-state index contributed by atoms with van der Waals surface area (Å²) in [4.78, 5) is 11.4. The fourth-order valence-electron chi connectivity index (χ4n) is 2.36. The number of carbonyl (C=O) groups is 1. The van der Waals surface area contributed by atoms with Crippen LogP contribution in [0.5, 0.6) is 0 Å². The number of ether oxygens (including phenoxy) is 1. The summed E-state index contributed by atoms with van der Waals surface area (Å²) in [7, 11) is 0. The number of carbonyl (C=O) groups excluding carboxylic acids is 1. The van der Waals surface area contributed by atoms with Gasteiger partial charge in [0.2, 0.25) is 0 Å². The van der Waals surface area contributed by atoms with Crippen molar-refractivity contribution in [2.75, 3.05) is 13.2 Å². The Morgan fingerprint density at radius 1 is 0.870 bits per heavy atom. The molecule has 0 bridgehead atoms. The molecule has 0 aromatic rings. The van der Waals surface area contributed by atoms with Crippen molar-refractivity contribution in [3.63, 3.8) is 0 Å². The van der Waals surface area contributed by atoms with Crippen molar-refractivity contribution in [1.82, 2.24) is 0 Å². The molecule has 0 spiro atoms. The number of hydrogen-bond donors (Lipinski definition) is 2. The zero-order valence-electron chi connectivity index (χ0n) is 14.8. The first kappa shape index (κ1) is 22.1. The van der Waals surface area contributed by atoms with E-state index in [0.717, 1.165) is 25.7 Å². The van der Waals surface area contributed by atoms with Gasteiger partial charge in [-0.1, -0.05) is 57.6 Å². The molecule has 4 heteroatoms. The van der Waals surface area contributed by atoms with Gasteiger partial charge in [0.1, 0.15) is 6.10 Å². The van der Waals surface area contributed by atoms with Crippen LogP contribution in [-0.4, -0.2) is 35.5 Å². The molecule has 0 aliphatic carbocycles. The van der Waals surface area contributed by atoms with Gasteiger partial charge in [-0.05, 0) is 32.1 Å². The molecular formula is C19H36O4. The van der Waals surface area contributed by atoms with Gasteiger partial charge in [-0.3, -0.25) is 4.79 Å². The second kappa shape index (κ2) is 17.5. The Hall–Kier alpha value is -0.870. The molecule has 0 atom stereocenters. The quantitative estimate of drug-likeness (QED) is 0.254. The molecule has 0 fully saturated rings. The van der Waals surface area contributed by atoms with Crippen LogP contribution >= 0.6 is 0 Å². The van der Waals surface area contributed by atoms with Gasteiger partial charge in [-0.2, -0.15) is 0 Å². The molecule has 0 aliphatic rings. The lowest BCUT2D eigenvalue weighted by Gasteiger charge is -2.12. The maximum absolute atomic E-state index is 11.4. The van der Waals surface area contributed by atoms with Crippen LogP contribution in [0.3, 0.4) is 0 Å². The molecule has 0 radical (unpaired) electrons. The monoisotopic (exact) mass is 328 g/mol. The van der Waals surface area contributed by atoms with Crippen LogP contribution in [0.2, 0.25) is 0 Å². The molecule has 0 unspecified atom stereocenters. The van der Waals surface area contributed by atoms with E-state index in [2.05, 4.69) is 19.1 Å². The Morgan fingerprint density at radius 3 is 1.96 bits per heavy atom. The summed E-state index contributed by atoms with van der Waals surface area (Å²) in [6, 6.07) is 0. The predicted octanol–water partition coefficient (Wildman–Crippen LogP) is 4.14. The number of rotatable bonds is 16. The average Bonchev–Trinajstić information content (AvgIpc) is 2.56. The van der Waals surface area contributed by atoms with Crippen LogP contribution in [-0.2, 0) is 9.53 Å². The van der Waals surface area contributed by atoms with Gasteiger partial charge in [0.15, 0.2) is 0 Å². The summed E-state index contributed by atoms with van der Waals surface area (Å²) in [5.41, 5.74) is 0. The van der Waals surface area contributed by atoms with Crippen molar-refractivity contribution < 1.29 is 19.7 Å². The van der Waals surface area contributed by atoms with Crippen LogP contribution in [0.1, 0.15) is 84.0 Å². The molecule has 0 saturated carbocycles. The van der Waals surface area contributed by atoms with Crippen LogP contribution in [0, 0.1) is 0 Å². The van der Waals surface area contributed by atoms with Crippen LogP contribution in [0.25, 0.3) is 0 Å². The van der Waals surface area contributed by atoms with E-state index in [0.29, 0.717) is 6.42 Å². The van der Waals surface area contributed by atoms with Gasteiger partial charge >= 0.3 is 5.97 Å². The third kappa shape index (κ3) is 15.8. The van der Waals surface area contributed by atoms with Crippen LogP contribution < -0.4 is 0 Å².